The first kappa shape index (κ1) is 17.0. The van der Waals surface area contributed by atoms with E-state index in [2.05, 4.69) is 11.4 Å². The average Bonchev–Trinajstić information content (AvgIpc) is 3.26. The molecule has 2 aliphatic rings. The van der Waals surface area contributed by atoms with Crippen LogP contribution in [0.1, 0.15) is 52.5 Å². The summed E-state index contributed by atoms with van der Waals surface area (Å²) >= 11 is 0. The fourth-order valence-corrected chi connectivity index (χ4v) is 2.67. The van der Waals surface area contributed by atoms with Gasteiger partial charge in [-0.1, -0.05) is 6.07 Å². The Hall–Kier alpha value is -1.84. The van der Waals surface area contributed by atoms with Crippen LogP contribution in [0.25, 0.3) is 0 Å². The zero-order valence-corrected chi connectivity index (χ0v) is 14.7. The third-order valence-electron chi connectivity index (χ3n) is 5.13. The molecular formula is C18H23BN2O3. The Morgan fingerprint density at radius 3 is 2.46 bits per heavy atom. The number of rotatable bonds is 4. The second-order valence-corrected chi connectivity index (χ2v) is 7.70. The van der Waals surface area contributed by atoms with Gasteiger partial charge in [-0.15, -0.1) is 0 Å². The molecule has 0 unspecified atom stereocenters. The van der Waals surface area contributed by atoms with Gasteiger partial charge in [0, 0.05) is 6.42 Å². The van der Waals surface area contributed by atoms with Crippen LogP contribution in [0.2, 0.25) is 0 Å². The van der Waals surface area contributed by atoms with Crippen LogP contribution in [0.4, 0.5) is 5.69 Å². The normalized spacial score (nSPS) is 21.4. The lowest BCUT2D eigenvalue weighted by atomic mass is 9.78. The fourth-order valence-electron chi connectivity index (χ4n) is 2.67. The SMILES string of the molecule is CC1(C)OB(c2ccc(NC(=O)CC3CC3)c(C#N)c2)OC1(C)C. The quantitative estimate of drug-likeness (QED) is 0.864. The molecule has 24 heavy (non-hydrogen) atoms. The molecule has 1 saturated heterocycles. The van der Waals surface area contributed by atoms with Crippen molar-refractivity contribution in [1.82, 2.24) is 0 Å². The molecule has 1 aromatic rings. The van der Waals surface area contributed by atoms with Gasteiger partial charge in [-0.05, 0) is 64.1 Å². The lowest BCUT2D eigenvalue weighted by molar-refractivity contribution is -0.116. The first-order valence-corrected chi connectivity index (χ1v) is 8.41. The largest absolute Gasteiger partial charge is 0.494 e. The highest BCUT2D eigenvalue weighted by Crippen LogP contribution is 2.36. The minimum absolute atomic E-state index is 0.0302. The summed E-state index contributed by atoms with van der Waals surface area (Å²) in [6.07, 6.45) is 2.78. The molecule has 6 heteroatoms. The predicted octanol–water partition coefficient (Wildman–Crippen LogP) is 2.60. The summed E-state index contributed by atoms with van der Waals surface area (Å²) in [7, 11) is -0.515. The van der Waals surface area contributed by atoms with Crippen LogP contribution in [-0.4, -0.2) is 24.2 Å². The molecule has 1 saturated carbocycles. The number of carbonyl (C=O) groups is 1. The predicted molar refractivity (Wildman–Crippen MR) is 92.8 cm³/mol. The number of hydrogen-bond acceptors (Lipinski definition) is 4. The van der Waals surface area contributed by atoms with Gasteiger partial charge < -0.3 is 14.6 Å². The minimum atomic E-state index is -0.515. The highest BCUT2D eigenvalue weighted by atomic mass is 16.7. The van der Waals surface area contributed by atoms with Crippen molar-refractivity contribution >= 4 is 24.2 Å². The van der Waals surface area contributed by atoms with Crippen LogP contribution in [-0.2, 0) is 14.1 Å². The van der Waals surface area contributed by atoms with E-state index in [-0.39, 0.29) is 5.91 Å². The van der Waals surface area contributed by atoms with E-state index in [0.29, 0.717) is 23.6 Å². The third kappa shape index (κ3) is 3.33. The van der Waals surface area contributed by atoms with Crippen LogP contribution in [0, 0.1) is 17.2 Å². The molecule has 1 heterocycles. The van der Waals surface area contributed by atoms with E-state index in [1.807, 2.05) is 33.8 Å². The number of hydrogen-bond donors (Lipinski definition) is 1. The van der Waals surface area contributed by atoms with Crippen molar-refractivity contribution in [1.29, 1.82) is 5.26 Å². The van der Waals surface area contributed by atoms with Gasteiger partial charge in [0.15, 0.2) is 0 Å². The molecule has 1 N–H and O–H groups in total. The number of carbonyl (C=O) groups excluding carboxylic acids is 1. The fraction of sp³-hybridized carbons (Fsp3) is 0.556. The van der Waals surface area contributed by atoms with Crippen LogP contribution in [0.3, 0.4) is 0 Å². The van der Waals surface area contributed by atoms with Gasteiger partial charge in [0.2, 0.25) is 5.91 Å². The van der Waals surface area contributed by atoms with Crippen molar-refractivity contribution in [3.63, 3.8) is 0 Å². The number of nitrogens with zero attached hydrogens (tertiary/aromatic N) is 1. The van der Waals surface area contributed by atoms with E-state index >= 15 is 0 Å². The van der Waals surface area contributed by atoms with Crippen LogP contribution < -0.4 is 10.8 Å². The van der Waals surface area contributed by atoms with Gasteiger partial charge >= 0.3 is 7.12 Å². The average molecular weight is 326 g/mol. The van der Waals surface area contributed by atoms with Crippen molar-refractivity contribution < 1.29 is 14.1 Å². The van der Waals surface area contributed by atoms with Crippen LogP contribution >= 0.6 is 0 Å². The van der Waals surface area contributed by atoms with Crippen molar-refractivity contribution in [2.75, 3.05) is 5.32 Å². The number of nitriles is 1. The maximum atomic E-state index is 12.0. The Balaban J connectivity index is 1.77. The van der Waals surface area contributed by atoms with E-state index in [1.165, 1.54) is 0 Å². The summed E-state index contributed by atoms with van der Waals surface area (Å²) in [5.41, 5.74) is 0.892. The summed E-state index contributed by atoms with van der Waals surface area (Å²) in [6.45, 7) is 7.96. The Morgan fingerprint density at radius 1 is 1.29 bits per heavy atom. The van der Waals surface area contributed by atoms with Crippen molar-refractivity contribution in [2.45, 2.75) is 58.2 Å². The number of nitrogens with one attached hydrogen (secondary N) is 1. The third-order valence-corrected chi connectivity index (χ3v) is 5.13. The highest BCUT2D eigenvalue weighted by Gasteiger charge is 2.51. The lowest BCUT2D eigenvalue weighted by Gasteiger charge is -2.32. The van der Waals surface area contributed by atoms with E-state index in [4.69, 9.17) is 9.31 Å². The molecule has 1 aromatic carbocycles. The second kappa shape index (κ2) is 5.91. The molecule has 2 fully saturated rings. The standard InChI is InChI=1S/C18H23BN2O3/c1-17(2)18(3,4)24-19(23-17)14-7-8-15(13(10-14)11-20)21-16(22)9-12-5-6-12/h7-8,10,12H,5-6,9H2,1-4H3,(H,21,22). The number of amides is 1. The maximum Gasteiger partial charge on any atom is 0.494 e. The number of anilines is 1. The van der Waals surface area contributed by atoms with Gasteiger partial charge in [0.05, 0.1) is 22.5 Å². The highest BCUT2D eigenvalue weighted by molar-refractivity contribution is 6.62. The zero-order chi connectivity index (χ0) is 17.5. The Labute approximate surface area is 143 Å². The van der Waals surface area contributed by atoms with Gasteiger partial charge in [0.1, 0.15) is 6.07 Å². The van der Waals surface area contributed by atoms with Crippen molar-refractivity contribution in [2.24, 2.45) is 5.92 Å². The molecule has 0 aromatic heterocycles. The van der Waals surface area contributed by atoms with Crippen LogP contribution in [0.5, 0.6) is 0 Å². The first-order chi connectivity index (χ1) is 11.2. The van der Waals surface area contributed by atoms with Gasteiger partial charge in [-0.25, -0.2) is 0 Å². The molecule has 0 bridgehead atoms. The smallest absolute Gasteiger partial charge is 0.399 e. The van der Waals surface area contributed by atoms with E-state index < -0.39 is 18.3 Å². The summed E-state index contributed by atoms with van der Waals surface area (Å²) in [6, 6.07) is 7.48. The molecule has 3 rings (SSSR count). The zero-order valence-electron chi connectivity index (χ0n) is 14.7. The number of benzene rings is 1. The van der Waals surface area contributed by atoms with Gasteiger partial charge in [-0.2, -0.15) is 5.26 Å². The van der Waals surface area contributed by atoms with Crippen molar-refractivity contribution in [3.8, 4) is 6.07 Å². The molecular weight excluding hydrogens is 303 g/mol. The molecule has 1 aliphatic heterocycles. The molecule has 0 radical (unpaired) electrons. The van der Waals surface area contributed by atoms with E-state index in [1.54, 1.807) is 12.1 Å². The monoisotopic (exact) mass is 326 g/mol. The van der Waals surface area contributed by atoms with Crippen LogP contribution in [0.15, 0.2) is 18.2 Å². The maximum absolute atomic E-state index is 12.0. The van der Waals surface area contributed by atoms with Gasteiger partial charge in [-0.3, -0.25) is 4.79 Å². The van der Waals surface area contributed by atoms with Gasteiger partial charge in [0.25, 0.3) is 0 Å². The molecule has 0 atom stereocenters. The Morgan fingerprint density at radius 2 is 1.92 bits per heavy atom. The summed E-state index contributed by atoms with van der Waals surface area (Å²) in [5.74, 6) is 0.483. The Kier molecular flexibility index (Phi) is 4.19. The first-order valence-electron chi connectivity index (χ1n) is 8.41. The minimum Gasteiger partial charge on any atom is -0.399 e. The second-order valence-electron chi connectivity index (χ2n) is 7.70. The summed E-state index contributed by atoms with van der Waals surface area (Å²) in [4.78, 5) is 12.0. The molecule has 0 spiro atoms. The lowest BCUT2D eigenvalue weighted by Crippen LogP contribution is -2.41. The molecule has 5 nitrogen and oxygen atoms in total. The summed E-state index contributed by atoms with van der Waals surface area (Å²) in [5, 5.41) is 12.3. The topological polar surface area (TPSA) is 71.3 Å². The Bertz CT molecular complexity index is 689. The molecule has 1 amide bonds. The van der Waals surface area contributed by atoms with Crippen molar-refractivity contribution in [3.05, 3.63) is 23.8 Å². The summed E-state index contributed by atoms with van der Waals surface area (Å²) < 4.78 is 12.0. The van der Waals surface area contributed by atoms with E-state index in [0.717, 1.165) is 18.3 Å². The molecule has 1 aliphatic carbocycles. The van der Waals surface area contributed by atoms with E-state index in [9.17, 15) is 10.1 Å². The molecule has 126 valence electrons.